The Morgan fingerprint density at radius 2 is 1.97 bits per heavy atom. The highest BCUT2D eigenvalue weighted by Crippen LogP contribution is 2.37. The fourth-order valence-corrected chi connectivity index (χ4v) is 5.06. The molecule has 1 aromatic heterocycles. The number of anilines is 1. The Bertz CT molecular complexity index is 1190. The van der Waals surface area contributed by atoms with Crippen LogP contribution in [0.2, 0.25) is 0 Å². The maximum absolute atomic E-state index is 13.0. The average molecular weight is 466 g/mol. The van der Waals surface area contributed by atoms with Crippen LogP contribution in [0.25, 0.3) is 0 Å². The predicted molar refractivity (Wildman–Crippen MR) is 123 cm³/mol. The van der Waals surface area contributed by atoms with Crippen LogP contribution in [-0.4, -0.2) is 30.7 Å². The molecule has 5 rings (SSSR count). The minimum absolute atomic E-state index is 0.0630. The second kappa shape index (κ2) is 9.11. The van der Waals surface area contributed by atoms with Crippen molar-refractivity contribution in [2.45, 2.75) is 31.7 Å². The first kappa shape index (κ1) is 21.3. The number of ether oxygens (including phenoxy) is 3. The van der Waals surface area contributed by atoms with Crippen LogP contribution in [-0.2, 0) is 17.8 Å². The Labute approximate surface area is 194 Å². The van der Waals surface area contributed by atoms with Crippen LogP contribution < -0.4 is 24.8 Å². The van der Waals surface area contributed by atoms with Gasteiger partial charge in [0.15, 0.2) is 16.6 Å². The van der Waals surface area contributed by atoms with E-state index in [4.69, 9.17) is 14.2 Å². The number of hydrogen-bond donors (Lipinski definition) is 2. The fraction of sp³-hybridized carbons (Fsp3) is 0.292. The lowest BCUT2D eigenvalue weighted by molar-refractivity contribution is -0.123. The molecular formula is C24H23N3O5S. The summed E-state index contributed by atoms with van der Waals surface area (Å²) >= 11 is 1.44. The molecule has 2 amide bonds. The van der Waals surface area contributed by atoms with Crippen LogP contribution in [0.3, 0.4) is 0 Å². The Morgan fingerprint density at radius 3 is 2.79 bits per heavy atom. The van der Waals surface area contributed by atoms with Gasteiger partial charge in [-0.25, -0.2) is 4.98 Å². The average Bonchev–Trinajstić information content (AvgIpc) is 3.48. The quantitative estimate of drug-likeness (QED) is 0.574. The summed E-state index contributed by atoms with van der Waals surface area (Å²) in [4.78, 5) is 31.2. The van der Waals surface area contributed by atoms with Gasteiger partial charge in [-0.1, -0.05) is 6.07 Å². The van der Waals surface area contributed by atoms with Gasteiger partial charge in [0.25, 0.3) is 5.91 Å². The monoisotopic (exact) mass is 465 g/mol. The molecular weight excluding hydrogens is 442 g/mol. The van der Waals surface area contributed by atoms with Gasteiger partial charge in [-0.3, -0.25) is 14.9 Å². The molecule has 0 saturated carbocycles. The van der Waals surface area contributed by atoms with Crippen molar-refractivity contribution in [2.24, 2.45) is 0 Å². The van der Waals surface area contributed by atoms with Crippen molar-refractivity contribution in [3.05, 3.63) is 64.2 Å². The third-order valence-electron chi connectivity index (χ3n) is 5.75. The van der Waals surface area contributed by atoms with E-state index in [0.29, 0.717) is 34.5 Å². The molecule has 0 fully saturated rings. The van der Waals surface area contributed by atoms with Crippen LogP contribution in [0.15, 0.2) is 42.5 Å². The van der Waals surface area contributed by atoms with Crippen LogP contribution in [0.4, 0.5) is 5.13 Å². The first-order valence-electron chi connectivity index (χ1n) is 10.7. The van der Waals surface area contributed by atoms with E-state index in [-0.39, 0.29) is 24.5 Å². The first-order chi connectivity index (χ1) is 16.1. The molecule has 1 aliphatic heterocycles. The fourth-order valence-electron chi connectivity index (χ4n) is 4.00. The lowest BCUT2D eigenvalue weighted by atomic mass is 9.90. The smallest absolute Gasteiger partial charge is 0.257 e. The van der Waals surface area contributed by atoms with E-state index >= 15 is 0 Å². The van der Waals surface area contributed by atoms with Gasteiger partial charge in [0.05, 0.1) is 18.7 Å². The van der Waals surface area contributed by atoms with E-state index in [1.807, 2.05) is 18.2 Å². The van der Waals surface area contributed by atoms with Crippen molar-refractivity contribution in [1.29, 1.82) is 0 Å². The number of hydrogen-bond acceptors (Lipinski definition) is 7. The molecule has 1 aliphatic carbocycles. The van der Waals surface area contributed by atoms with Crippen molar-refractivity contribution in [2.75, 3.05) is 19.2 Å². The third kappa shape index (κ3) is 4.49. The van der Waals surface area contributed by atoms with Crippen molar-refractivity contribution in [3.8, 4) is 17.2 Å². The molecule has 2 aromatic carbocycles. The first-order valence-corrected chi connectivity index (χ1v) is 11.5. The zero-order valence-corrected chi connectivity index (χ0v) is 18.9. The third-order valence-corrected chi connectivity index (χ3v) is 6.79. The lowest BCUT2D eigenvalue weighted by Gasteiger charge is -2.20. The molecule has 0 radical (unpaired) electrons. The van der Waals surface area contributed by atoms with Crippen molar-refractivity contribution in [1.82, 2.24) is 10.3 Å². The number of carbonyl (C=O) groups excluding carboxylic acids is 2. The highest BCUT2D eigenvalue weighted by Gasteiger charge is 2.30. The minimum Gasteiger partial charge on any atom is -0.497 e. The summed E-state index contributed by atoms with van der Waals surface area (Å²) in [5.74, 6) is 1.46. The van der Waals surface area contributed by atoms with Gasteiger partial charge in [-0.05, 0) is 61.2 Å². The Hall–Kier alpha value is -3.59. The second-order valence-electron chi connectivity index (χ2n) is 7.86. The number of aromatic nitrogens is 1. The van der Waals surface area contributed by atoms with Crippen molar-refractivity contribution >= 4 is 28.3 Å². The molecule has 2 heterocycles. The van der Waals surface area contributed by atoms with E-state index in [9.17, 15) is 9.59 Å². The molecule has 170 valence electrons. The number of benzene rings is 2. The SMILES string of the molecule is COc1ccc(C(=O)Nc2nc3c(s2)CCCC3C(=O)NCc2ccc3c(c2)OCO3)cc1. The number of aryl methyl sites for hydroxylation is 1. The number of rotatable bonds is 6. The largest absolute Gasteiger partial charge is 0.497 e. The summed E-state index contributed by atoms with van der Waals surface area (Å²) in [5.41, 5.74) is 2.22. The van der Waals surface area contributed by atoms with Crippen molar-refractivity contribution in [3.63, 3.8) is 0 Å². The highest BCUT2D eigenvalue weighted by molar-refractivity contribution is 7.16. The van der Waals surface area contributed by atoms with Gasteiger partial charge in [-0.15, -0.1) is 11.3 Å². The molecule has 2 N–H and O–H groups in total. The summed E-state index contributed by atoms with van der Waals surface area (Å²) in [6, 6.07) is 12.5. The predicted octanol–water partition coefficient (Wildman–Crippen LogP) is 3.87. The molecule has 3 aromatic rings. The number of carbonyl (C=O) groups is 2. The number of nitrogens with one attached hydrogen (secondary N) is 2. The maximum atomic E-state index is 13.0. The van der Waals surface area contributed by atoms with E-state index in [0.717, 1.165) is 35.4 Å². The van der Waals surface area contributed by atoms with Gasteiger partial charge in [0.1, 0.15) is 5.75 Å². The summed E-state index contributed by atoms with van der Waals surface area (Å²) in [7, 11) is 1.58. The topological polar surface area (TPSA) is 98.8 Å². The van der Waals surface area contributed by atoms with E-state index in [1.54, 1.807) is 31.4 Å². The number of thiazole rings is 1. The van der Waals surface area contributed by atoms with Crippen LogP contribution >= 0.6 is 11.3 Å². The maximum Gasteiger partial charge on any atom is 0.257 e. The van der Waals surface area contributed by atoms with Crippen molar-refractivity contribution < 1.29 is 23.8 Å². The van der Waals surface area contributed by atoms with Gasteiger partial charge < -0.3 is 19.5 Å². The molecule has 0 saturated heterocycles. The van der Waals surface area contributed by atoms with Crippen LogP contribution in [0.5, 0.6) is 17.2 Å². The highest BCUT2D eigenvalue weighted by atomic mass is 32.1. The normalized spacial score (nSPS) is 16.1. The second-order valence-corrected chi connectivity index (χ2v) is 8.94. The Balaban J connectivity index is 1.25. The number of nitrogens with zero attached hydrogens (tertiary/aromatic N) is 1. The minimum atomic E-state index is -0.328. The van der Waals surface area contributed by atoms with Crippen LogP contribution in [0, 0.1) is 0 Å². The molecule has 0 bridgehead atoms. The standard InChI is InChI=1S/C24H23N3O5S/c1-30-16-8-6-15(7-9-16)22(28)27-24-26-21-17(3-2-4-20(21)33-24)23(29)25-12-14-5-10-18-19(11-14)32-13-31-18/h5-11,17H,2-4,12-13H2,1H3,(H,25,29)(H,26,27,28). The summed E-state index contributed by atoms with van der Waals surface area (Å²) in [6.07, 6.45) is 2.50. The van der Waals surface area contributed by atoms with Gasteiger partial charge in [-0.2, -0.15) is 0 Å². The number of methoxy groups -OCH3 is 1. The molecule has 2 aliphatic rings. The van der Waals surface area contributed by atoms with Gasteiger partial charge in [0, 0.05) is 17.0 Å². The summed E-state index contributed by atoms with van der Waals surface area (Å²) < 4.78 is 15.9. The number of fused-ring (bicyclic) bond motifs is 2. The molecule has 1 atom stereocenters. The van der Waals surface area contributed by atoms with E-state index in [1.165, 1.54) is 11.3 Å². The van der Waals surface area contributed by atoms with Gasteiger partial charge in [0.2, 0.25) is 12.7 Å². The zero-order chi connectivity index (χ0) is 22.8. The zero-order valence-electron chi connectivity index (χ0n) is 18.1. The lowest BCUT2D eigenvalue weighted by Crippen LogP contribution is -2.31. The molecule has 1 unspecified atom stereocenters. The van der Waals surface area contributed by atoms with Crippen LogP contribution in [0.1, 0.15) is 45.3 Å². The van der Waals surface area contributed by atoms with E-state index in [2.05, 4.69) is 15.6 Å². The Kier molecular flexibility index (Phi) is 5.87. The number of amides is 2. The summed E-state index contributed by atoms with van der Waals surface area (Å²) in [6.45, 7) is 0.615. The molecule has 9 heteroatoms. The summed E-state index contributed by atoms with van der Waals surface area (Å²) in [5, 5.41) is 6.39. The van der Waals surface area contributed by atoms with Gasteiger partial charge >= 0.3 is 0 Å². The molecule has 8 nitrogen and oxygen atoms in total. The molecule has 33 heavy (non-hydrogen) atoms. The molecule has 0 spiro atoms. The Morgan fingerprint density at radius 1 is 1.15 bits per heavy atom. The van der Waals surface area contributed by atoms with E-state index < -0.39 is 0 Å².